The van der Waals surface area contributed by atoms with Crippen LogP contribution in [-0.4, -0.2) is 19.0 Å². The van der Waals surface area contributed by atoms with Gasteiger partial charge in [-0.2, -0.15) is 13.2 Å². The third-order valence-electron chi connectivity index (χ3n) is 4.06. The van der Waals surface area contributed by atoms with E-state index in [0.717, 1.165) is 37.8 Å². The minimum Gasteiger partial charge on any atom is -0.355 e. The maximum Gasteiger partial charge on any atom is 0.416 e. The quantitative estimate of drug-likeness (QED) is 0.622. The molecule has 0 spiro atoms. The molecule has 1 rings (SSSR count). The van der Waals surface area contributed by atoms with Crippen LogP contribution in [0, 0.1) is 0 Å². The molecule has 0 radical (unpaired) electrons. The summed E-state index contributed by atoms with van der Waals surface area (Å²) in [4.78, 5) is 11.9. The number of hydrogen-bond acceptors (Lipinski definition) is 2. The number of carbonyl (C=O) groups is 1. The van der Waals surface area contributed by atoms with E-state index in [2.05, 4.69) is 5.32 Å². The monoisotopic (exact) mass is 380 g/mol. The first-order valence-corrected chi connectivity index (χ1v) is 8.31. The molecule has 0 aromatic heterocycles. The number of carbonyl (C=O) groups excluding carboxylic acids is 1. The molecule has 144 valence electrons. The number of hydrogen-bond donors (Lipinski definition) is 2. The first kappa shape index (κ1) is 23.7. The lowest BCUT2D eigenvalue weighted by molar-refractivity contribution is -0.137. The Bertz CT molecular complexity index is 533. The van der Waals surface area contributed by atoms with Gasteiger partial charge in [-0.15, -0.1) is 12.4 Å². The smallest absolute Gasteiger partial charge is 0.355 e. The molecule has 7 heteroatoms. The largest absolute Gasteiger partial charge is 0.416 e. The van der Waals surface area contributed by atoms with Gasteiger partial charge in [0.1, 0.15) is 0 Å². The maximum absolute atomic E-state index is 12.8. The Morgan fingerprint density at radius 1 is 1.08 bits per heavy atom. The number of halogens is 4. The standard InChI is InChI=1S/C18H27F3N2O.ClH/c1-17(2,13-23-16(24)10-5-3-4-6-11-22)14-8-7-9-15(12-14)18(19,20)21;/h7-9,12H,3-6,10-11,13,22H2,1-2H3,(H,23,24);1H. The normalized spacial score (nSPS) is 11.8. The number of benzene rings is 1. The highest BCUT2D eigenvalue weighted by Crippen LogP contribution is 2.32. The van der Waals surface area contributed by atoms with Crippen molar-refractivity contribution < 1.29 is 18.0 Å². The molecule has 0 fully saturated rings. The number of amides is 1. The first-order chi connectivity index (χ1) is 11.2. The Morgan fingerprint density at radius 2 is 1.68 bits per heavy atom. The van der Waals surface area contributed by atoms with E-state index >= 15 is 0 Å². The molecule has 0 unspecified atom stereocenters. The van der Waals surface area contributed by atoms with Crippen molar-refractivity contribution >= 4 is 18.3 Å². The Kier molecular flexibility index (Phi) is 10.1. The third-order valence-corrected chi connectivity index (χ3v) is 4.06. The van der Waals surface area contributed by atoms with Crippen molar-refractivity contribution in [2.24, 2.45) is 5.73 Å². The molecule has 25 heavy (non-hydrogen) atoms. The van der Waals surface area contributed by atoms with Crippen molar-refractivity contribution in [2.45, 2.75) is 57.5 Å². The highest BCUT2D eigenvalue weighted by atomic mass is 35.5. The van der Waals surface area contributed by atoms with Crippen LogP contribution in [0.15, 0.2) is 24.3 Å². The molecule has 0 aliphatic rings. The molecule has 0 heterocycles. The van der Waals surface area contributed by atoms with Crippen molar-refractivity contribution in [3.05, 3.63) is 35.4 Å². The van der Waals surface area contributed by atoms with E-state index in [4.69, 9.17) is 5.73 Å². The van der Waals surface area contributed by atoms with Crippen molar-refractivity contribution in [1.29, 1.82) is 0 Å². The van der Waals surface area contributed by atoms with Gasteiger partial charge in [-0.05, 0) is 31.0 Å². The Morgan fingerprint density at radius 3 is 2.28 bits per heavy atom. The van der Waals surface area contributed by atoms with E-state index in [0.29, 0.717) is 25.1 Å². The van der Waals surface area contributed by atoms with Crippen molar-refractivity contribution in [1.82, 2.24) is 5.32 Å². The van der Waals surface area contributed by atoms with Gasteiger partial charge in [0.25, 0.3) is 0 Å². The predicted octanol–water partition coefficient (Wildman–Crippen LogP) is 4.43. The summed E-state index contributed by atoms with van der Waals surface area (Å²) in [6, 6.07) is 5.27. The van der Waals surface area contributed by atoms with Gasteiger partial charge >= 0.3 is 6.18 Å². The summed E-state index contributed by atoms with van der Waals surface area (Å²) in [6.45, 7) is 4.61. The molecule has 0 bridgehead atoms. The van der Waals surface area contributed by atoms with Crippen LogP contribution in [0.25, 0.3) is 0 Å². The van der Waals surface area contributed by atoms with E-state index in [1.807, 2.05) is 13.8 Å². The van der Waals surface area contributed by atoms with Gasteiger partial charge in [-0.1, -0.05) is 44.9 Å². The molecule has 0 atom stereocenters. The second-order valence-electron chi connectivity index (χ2n) is 6.69. The third kappa shape index (κ3) is 8.59. The molecule has 0 saturated carbocycles. The van der Waals surface area contributed by atoms with Crippen LogP contribution in [0.4, 0.5) is 13.2 Å². The second kappa shape index (κ2) is 10.7. The Hall–Kier alpha value is -1.27. The minimum absolute atomic E-state index is 0. The summed E-state index contributed by atoms with van der Waals surface area (Å²) < 4.78 is 38.5. The number of unbranched alkanes of at least 4 members (excludes halogenated alkanes) is 3. The van der Waals surface area contributed by atoms with Crippen molar-refractivity contribution in [3.8, 4) is 0 Å². The molecule has 1 aromatic rings. The fraction of sp³-hybridized carbons (Fsp3) is 0.611. The van der Waals surface area contributed by atoms with Gasteiger partial charge in [0.15, 0.2) is 0 Å². The first-order valence-electron chi connectivity index (χ1n) is 8.31. The predicted molar refractivity (Wildman–Crippen MR) is 96.9 cm³/mol. The van der Waals surface area contributed by atoms with E-state index in [1.165, 1.54) is 6.07 Å². The van der Waals surface area contributed by atoms with Gasteiger partial charge in [0, 0.05) is 18.4 Å². The van der Waals surface area contributed by atoms with E-state index in [-0.39, 0.29) is 18.3 Å². The summed E-state index contributed by atoms with van der Waals surface area (Å²) in [5.41, 5.74) is 4.72. The van der Waals surface area contributed by atoms with Crippen LogP contribution < -0.4 is 11.1 Å². The SMILES string of the molecule is CC(C)(CNC(=O)CCCCCCN)c1cccc(C(F)(F)F)c1.Cl. The molecule has 0 saturated heterocycles. The van der Waals surface area contributed by atoms with Gasteiger partial charge in [0.05, 0.1) is 5.56 Å². The minimum atomic E-state index is -4.36. The average molecular weight is 381 g/mol. The van der Waals surface area contributed by atoms with Crippen LogP contribution in [-0.2, 0) is 16.4 Å². The number of nitrogens with two attached hydrogens (primary N) is 1. The summed E-state index contributed by atoms with van der Waals surface area (Å²) in [6.07, 6.45) is -0.191. The lowest BCUT2D eigenvalue weighted by Gasteiger charge is -2.26. The molecule has 3 N–H and O–H groups in total. The average Bonchev–Trinajstić information content (AvgIpc) is 2.52. The second-order valence-corrected chi connectivity index (χ2v) is 6.69. The Balaban J connectivity index is 0.00000576. The fourth-order valence-electron chi connectivity index (χ4n) is 2.41. The van der Waals surface area contributed by atoms with Crippen LogP contribution in [0.1, 0.15) is 57.1 Å². The topological polar surface area (TPSA) is 55.1 Å². The molecule has 0 aliphatic carbocycles. The zero-order valence-electron chi connectivity index (χ0n) is 14.8. The van der Waals surface area contributed by atoms with E-state index in [9.17, 15) is 18.0 Å². The lowest BCUT2D eigenvalue weighted by Crippen LogP contribution is -2.36. The zero-order chi connectivity index (χ0) is 18.2. The molecule has 1 amide bonds. The van der Waals surface area contributed by atoms with Gasteiger partial charge in [-0.3, -0.25) is 4.79 Å². The summed E-state index contributed by atoms with van der Waals surface area (Å²) in [5, 5.41) is 2.83. The molecule has 1 aromatic carbocycles. The highest BCUT2D eigenvalue weighted by molar-refractivity contribution is 5.85. The van der Waals surface area contributed by atoms with Gasteiger partial charge in [0.2, 0.25) is 5.91 Å². The van der Waals surface area contributed by atoms with Crippen molar-refractivity contribution in [3.63, 3.8) is 0 Å². The molecule has 3 nitrogen and oxygen atoms in total. The van der Waals surface area contributed by atoms with Gasteiger partial charge in [-0.25, -0.2) is 0 Å². The van der Waals surface area contributed by atoms with E-state index in [1.54, 1.807) is 6.07 Å². The molecular weight excluding hydrogens is 353 g/mol. The number of alkyl halides is 3. The fourth-order valence-corrected chi connectivity index (χ4v) is 2.41. The zero-order valence-corrected chi connectivity index (χ0v) is 15.6. The summed E-state index contributed by atoms with van der Waals surface area (Å²) in [5.74, 6) is -0.0669. The summed E-state index contributed by atoms with van der Waals surface area (Å²) >= 11 is 0. The van der Waals surface area contributed by atoms with E-state index < -0.39 is 17.2 Å². The van der Waals surface area contributed by atoms with Crippen LogP contribution in [0.5, 0.6) is 0 Å². The van der Waals surface area contributed by atoms with Gasteiger partial charge < -0.3 is 11.1 Å². The number of nitrogens with one attached hydrogen (secondary N) is 1. The molecule has 0 aliphatic heterocycles. The maximum atomic E-state index is 12.8. The van der Waals surface area contributed by atoms with Crippen molar-refractivity contribution in [2.75, 3.05) is 13.1 Å². The molecular formula is C18H28ClF3N2O. The van der Waals surface area contributed by atoms with Crippen LogP contribution in [0.3, 0.4) is 0 Å². The Labute approximate surface area is 154 Å². The van der Waals surface area contributed by atoms with Crippen LogP contribution >= 0.6 is 12.4 Å². The highest BCUT2D eigenvalue weighted by Gasteiger charge is 2.32. The van der Waals surface area contributed by atoms with Crippen LogP contribution in [0.2, 0.25) is 0 Å². The number of rotatable bonds is 9. The summed E-state index contributed by atoms with van der Waals surface area (Å²) in [7, 11) is 0. The lowest BCUT2D eigenvalue weighted by atomic mass is 9.83.